The first kappa shape index (κ1) is 16.5. The molecule has 7 nitrogen and oxygen atoms in total. The lowest BCUT2D eigenvalue weighted by atomic mass is 9.85. The summed E-state index contributed by atoms with van der Waals surface area (Å²) >= 11 is 0. The smallest absolute Gasteiger partial charge is 0.324 e. The van der Waals surface area contributed by atoms with Crippen LogP contribution < -0.4 is 14.4 Å². The van der Waals surface area contributed by atoms with Gasteiger partial charge in [0.25, 0.3) is 0 Å². The molecule has 0 spiro atoms. The van der Waals surface area contributed by atoms with Crippen molar-refractivity contribution in [3.05, 3.63) is 59.7 Å². The Morgan fingerprint density at radius 2 is 1.55 bits per heavy atom. The third-order valence-electron chi connectivity index (χ3n) is 6.33. The number of anilines is 1. The van der Waals surface area contributed by atoms with Crippen LogP contribution in [0, 0.1) is 0 Å². The Morgan fingerprint density at radius 1 is 0.897 bits per heavy atom. The van der Waals surface area contributed by atoms with Gasteiger partial charge in [-0.3, -0.25) is 4.79 Å². The molecule has 4 atom stereocenters. The van der Waals surface area contributed by atoms with Gasteiger partial charge in [0, 0.05) is 11.8 Å². The Balaban J connectivity index is 1.57. The van der Waals surface area contributed by atoms with Gasteiger partial charge in [0.1, 0.15) is 6.04 Å². The van der Waals surface area contributed by atoms with E-state index in [-0.39, 0.29) is 41.7 Å². The molecule has 0 N–H and O–H groups in total. The van der Waals surface area contributed by atoms with Crippen LogP contribution in [0.2, 0.25) is 0 Å². The molecule has 0 amide bonds. The van der Waals surface area contributed by atoms with Gasteiger partial charge in [-0.15, -0.1) is 4.98 Å². The van der Waals surface area contributed by atoms with E-state index in [4.69, 9.17) is 9.47 Å². The van der Waals surface area contributed by atoms with Gasteiger partial charge in [0.05, 0.1) is 20.3 Å². The van der Waals surface area contributed by atoms with E-state index in [9.17, 15) is 4.79 Å². The van der Waals surface area contributed by atoms with Crippen molar-refractivity contribution in [2.24, 2.45) is 0 Å². The predicted molar refractivity (Wildman–Crippen MR) is 107 cm³/mol. The second-order valence-corrected chi connectivity index (χ2v) is 7.56. The third-order valence-corrected chi connectivity index (χ3v) is 6.33. The highest BCUT2D eigenvalue weighted by Gasteiger charge is 2.57. The van der Waals surface area contributed by atoms with Crippen LogP contribution in [0.4, 0.5) is 5.95 Å². The van der Waals surface area contributed by atoms with Crippen molar-refractivity contribution >= 4 is 22.5 Å². The number of fused-ring (bicyclic) bond motifs is 7. The number of ketones is 1. The number of ether oxygens (including phenoxy) is 2. The summed E-state index contributed by atoms with van der Waals surface area (Å²) in [5, 5.41) is 2.51. The summed E-state index contributed by atoms with van der Waals surface area (Å²) in [7, 11) is 3.00. The van der Waals surface area contributed by atoms with Crippen LogP contribution >= 0.6 is 0 Å². The summed E-state index contributed by atoms with van der Waals surface area (Å²) in [6.45, 7) is 0. The first-order valence-electron chi connectivity index (χ1n) is 9.57. The van der Waals surface area contributed by atoms with Gasteiger partial charge in [-0.25, -0.2) is 0 Å². The summed E-state index contributed by atoms with van der Waals surface area (Å²) in [5.41, 5.74) is 2.51. The highest BCUT2D eigenvalue weighted by atomic mass is 16.5. The van der Waals surface area contributed by atoms with Gasteiger partial charge >= 0.3 is 12.0 Å². The molecule has 3 aliphatic rings. The van der Waals surface area contributed by atoms with Gasteiger partial charge < -0.3 is 14.4 Å². The van der Waals surface area contributed by atoms with Crippen LogP contribution in [0.25, 0.3) is 10.8 Å². The van der Waals surface area contributed by atoms with Crippen LogP contribution in [0.3, 0.4) is 0 Å². The molecule has 1 fully saturated rings. The molecule has 0 radical (unpaired) electrons. The number of rotatable bonds is 3. The van der Waals surface area contributed by atoms with Gasteiger partial charge in [0.15, 0.2) is 5.78 Å². The number of hydrogen-bond donors (Lipinski definition) is 0. The molecular formula is C22H18N4O3. The zero-order chi connectivity index (χ0) is 19.7. The largest absolute Gasteiger partial charge is 0.467 e. The highest BCUT2D eigenvalue weighted by molar-refractivity contribution is 6.03. The SMILES string of the molecule is COc1nc(OC)nc(N2[C@@H]3C=CC(=O)[C@H]2[C@@H]2c4cccc5cccc(c45)[C@@H]23)n1. The Morgan fingerprint density at radius 3 is 2.21 bits per heavy atom. The lowest BCUT2D eigenvalue weighted by Gasteiger charge is -2.32. The average molecular weight is 386 g/mol. The summed E-state index contributed by atoms with van der Waals surface area (Å²) in [4.78, 5) is 28.1. The summed E-state index contributed by atoms with van der Waals surface area (Å²) in [6.07, 6.45) is 3.69. The van der Waals surface area contributed by atoms with Crippen LogP contribution in [0.1, 0.15) is 23.0 Å². The van der Waals surface area contributed by atoms with Crippen molar-refractivity contribution in [2.45, 2.75) is 23.9 Å². The first-order valence-corrected chi connectivity index (χ1v) is 9.57. The molecule has 2 bridgehead atoms. The van der Waals surface area contributed by atoms with Gasteiger partial charge in [-0.05, 0) is 28.0 Å². The summed E-state index contributed by atoms with van der Waals surface area (Å²) in [5.74, 6) is 0.687. The number of aromatic nitrogens is 3. The fourth-order valence-electron chi connectivity index (χ4n) is 5.34. The Labute approximate surface area is 167 Å². The molecule has 7 heteroatoms. The van der Waals surface area contributed by atoms with Crippen molar-refractivity contribution in [1.29, 1.82) is 0 Å². The van der Waals surface area contributed by atoms with Crippen molar-refractivity contribution in [3.63, 3.8) is 0 Å². The van der Waals surface area contributed by atoms with E-state index in [0.29, 0.717) is 5.95 Å². The maximum absolute atomic E-state index is 13.1. The number of carbonyl (C=O) groups excluding carboxylic acids is 1. The summed E-state index contributed by atoms with van der Waals surface area (Å²) < 4.78 is 10.5. The van der Waals surface area contributed by atoms with Crippen molar-refractivity contribution in [3.8, 4) is 12.0 Å². The fourth-order valence-corrected chi connectivity index (χ4v) is 5.34. The number of hydrogen-bond acceptors (Lipinski definition) is 7. The van der Waals surface area contributed by atoms with E-state index < -0.39 is 0 Å². The molecule has 1 aromatic heterocycles. The second kappa shape index (κ2) is 5.76. The van der Waals surface area contributed by atoms with Crippen LogP contribution in [-0.2, 0) is 4.79 Å². The third kappa shape index (κ3) is 2.07. The molecule has 2 aromatic carbocycles. The molecule has 1 aliphatic carbocycles. The minimum atomic E-state index is -0.371. The Bertz CT molecular complexity index is 1180. The lowest BCUT2D eigenvalue weighted by Crippen LogP contribution is -2.45. The molecule has 29 heavy (non-hydrogen) atoms. The van der Waals surface area contributed by atoms with E-state index in [2.05, 4.69) is 51.4 Å². The number of nitrogens with zero attached hydrogens (tertiary/aromatic N) is 4. The predicted octanol–water partition coefficient (Wildman–Crippen LogP) is 2.62. The molecule has 3 aromatic rings. The van der Waals surface area contributed by atoms with E-state index in [1.807, 2.05) is 11.0 Å². The van der Waals surface area contributed by atoms with E-state index >= 15 is 0 Å². The zero-order valence-corrected chi connectivity index (χ0v) is 15.9. The highest BCUT2D eigenvalue weighted by Crippen LogP contribution is 2.58. The number of carbonyl (C=O) groups is 1. The normalized spacial score (nSPS) is 26.1. The summed E-state index contributed by atoms with van der Waals surface area (Å²) in [6, 6.07) is 12.7. The van der Waals surface area contributed by atoms with Crippen molar-refractivity contribution in [1.82, 2.24) is 15.0 Å². The van der Waals surface area contributed by atoms with Gasteiger partial charge in [-0.1, -0.05) is 42.5 Å². The topological polar surface area (TPSA) is 77.4 Å². The maximum atomic E-state index is 13.1. The van der Waals surface area contributed by atoms with E-state index in [1.54, 1.807) is 6.08 Å². The fraction of sp³-hybridized carbons (Fsp3) is 0.273. The van der Waals surface area contributed by atoms with E-state index in [1.165, 1.54) is 36.1 Å². The standard InChI is InChI=1S/C22H18N4O3/c1-28-21-23-20(24-22(25-21)29-2)26-14-9-10-15(27)19(26)18-13-8-4-6-11-5-3-7-12(16(11)13)17(14)18/h3-10,14,17-19H,1-2H3/t14-,17-,18-,19+/m1/s1. The van der Waals surface area contributed by atoms with Crippen molar-refractivity contribution in [2.75, 3.05) is 19.1 Å². The Kier molecular flexibility index (Phi) is 3.27. The minimum Gasteiger partial charge on any atom is -0.467 e. The Hall–Kier alpha value is -3.48. The van der Waals surface area contributed by atoms with Crippen molar-refractivity contribution < 1.29 is 14.3 Å². The monoisotopic (exact) mass is 386 g/mol. The molecule has 144 valence electrons. The van der Waals surface area contributed by atoms with Crippen LogP contribution in [-0.4, -0.2) is 47.0 Å². The molecule has 2 aliphatic heterocycles. The number of benzene rings is 2. The molecule has 0 unspecified atom stereocenters. The van der Waals surface area contributed by atoms with Gasteiger partial charge in [0.2, 0.25) is 5.95 Å². The van der Waals surface area contributed by atoms with Crippen LogP contribution in [0.15, 0.2) is 48.6 Å². The molecule has 6 rings (SSSR count). The maximum Gasteiger partial charge on any atom is 0.324 e. The molecule has 0 saturated carbocycles. The van der Waals surface area contributed by atoms with Crippen LogP contribution in [0.5, 0.6) is 12.0 Å². The molecular weight excluding hydrogens is 368 g/mol. The zero-order valence-electron chi connectivity index (χ0n) is 15.9. The quantitative estimate of drug-likeness (QED) is 0.685. The van der Waals surface area contributed by atoms with Gasteiger partial charge in [-0.2, -0.15) is 9.97 Å². The second-order valence-electron chi connectivity index (χ2n) is 7.56. The van der Waals surface area contributed by atoms with E-state index in [0.717, 1.165) is 0 Å². The number of methoxy groups -OCH3 is 2. The minimum absolute atomic E-state index is 0.0301. The molecule has 3 heterocycles. The molecule has 1 saturated heterocycles. The first-order chi connectivity index (χ1) is 14.2. The average Bonchev–Trinajstić information content (AvgIpc) is 3.22. The lowest BCUT2D eigenvalue weighted by molar-refractivity contribution is -0.116.